The zero-order valence-corrected chi connectivity index (χ0v) is 5.61. The molecule has 0 radical (unpaired) electrons. The summed E-state index contributed by atoms with van der Waals surface area (Å²) in [6, 6.07) is 0. The molecule has 0 heterocycles. The molecule has 0 aliphatic rings. The van der Waals surface area contributed by atoms with Crippen LogP contribution in [0.5, 0.6) is 0 Å². The molecule has 0 unspecified atom stereocenters. The van der Waals surface area contributed by atoms with E-state index in [4.69, 9.17) is 9.29 Å². The Morgan fingerprint density at radius 1 is 1.29 bits per heavy atom. The monoisotopic (exact) mass is 124 g/mol. The molecule has 0 saturated carbocycles. The van der Waals surface area contributed by atoms with Gasteiger partial charge in [0.15, 0.2) is 0 Å². The zero-order valence-electron chi connectivity index (χ0n) is 4.72. The summed E-state index contributed by atoms with van der Waals surface area (Å²) in [5, 5.41) is 0. The van der Waals surface area contributed by atoms with E-state index in [1.54, 1.807) is 0 Å². The summed E-state index contributed by atoms with van der Waals surface area (Å²) >= 11 is 2.53. The van der Waals surface area contributed by atoms with Gasteiger partial charge >= 0.3 is 0 Å². The molecule has 0 aromatic rings. The first kappa shape index (κ1) is 10.3. The van der Waals surface area contributed by atoms with Crippen molar-refractivity contribution >= 4 is 12.9 Å². The average molecular weight is 124 g/mol. The third kappa shape index (κ3) is 22.2. The summed E-state index contributed by atoms with van der Waals surface area (Å²) in [6.45, 7) is 5.67. The van der Waals surface area contributed by atoms with Crippen LogP contribution < -0.4 is 0 Å². The number of rotatable bonds is 2. The van der Waals surface area contributed by atoms with Gasteiger partial charge in [0.05, 0.1) is 0 Å². The Labute approximate surface area is 50.1 Å². The lowest BCUT2D eigenvalue weighted by molar-refractivity contribution is 0.162. The quantitative estimate of drug-likeness (QED) is 0.431. The Kier molecular flexibility index (Phi) is 23.9. The molecule has 3 heteroatoms. The van der Waals surface area contributed by atoms with Crippen LogP contribution in [0.2, 0.25) is 0 Å². The molecule has 0 aliphatic heterocycles. The van der Waals surface area contributed by atoms with Gasteiger partial charge in [-0.25, -0.2) is 0 Å². The lowest BCUT2D eigenvalue weighted by Crippen LogP contribution is -1.84. The number of thiol groups is 1. The van der Waals surface area contributed by atoms with Crippen molar-refractivity contribution in [3.63, 3.8) is 0 Å². The van der Waals surface area contributed by atoms with Crippen molar-refractivity contribution < 1.29 is 9.29 Å². The molecule has 0 fully saturated rings. The molecule has 0 aromatic carbocycles. The minimum absolute atomic E-state index is 0.844. The largest absolute Gasteiger partial charge is 0.382 e. The van der Waals surface area contributed by atoms with Crippen LogP contribution in [-0.4, -0.2) is 17.8 Å². The van der Waals surface area contributed by atoms with Gasteiger partial charge in [-0.05, 0) is 26.8 Å². The fourth-order valence-electron chi connectivity index (χ4n) is 0.204. The molecule has 7 heavy (non-hydrogen) atoms. The third-order valence-corrected chi connectivity index (χ3v) is 0.408. The summed E-state index contributed by atoms with van der Waals surface area (Å²) in [5.41, 5.74) is 0. The molecule has 0 spiro atoms. The van der Waals surface area contributed by atoms with Crippen molar-refractivity contribution in [2.24, 2.45) is 0 Å². The minimum Gasteiger partial charge on any atom is -0.382 e. The number of hydrogen-bond donors (Lipinski definition) is 2. The normalized spacial score (nSPS) is 6.86. The van der Waals surface area contributed by atoms with Gasteiger partial charge in [0.2, 0.25) is 0 Å². The molecule has 0 rings (SSSR count). The highest BCUT2D eigenvalue weighted by Gasteiger charge is 1.64. The number of ether oxygens (including phenoxy) is 1. The molecule has 0 amide bonds. The van der Waals surface area contributed by atoms with E-state index in [9.17, 15) is 0 Å². The maximum absolute atomic E-state index is 6.69. The Balaban J connectivity index is 0. The van der Waals surface area contributed by atoms with Gasteiger partial charge in [0, 0.05) is 13.2 Å². The summed E-state index contributed by atoms with van der Waals surface area (Å²) in [4.78, 5) is 0. The minimum atomic E-state index is 0.844. The predicted octanol–water partition coefficient (Wildman–Crippen LogP) is 1.43. The van der Waals surface area contributed by atoms with Crippen LogP contribution in [0.4, 0.5) is 0 Å². The van der Waals surface area contributed by atoms with E-state index in [0.29, 0.717) is 0 Å². The van der Waals surface area contributed by atoms with Crippen molar-refractivity contribution in [3.05, 3.63) is 0 Å². The Morgan fingerprint density at radius 3 is 1.57 bits per heavy atom. The van der Waals surface area contributed by atoms with Gasteiger partial charge in [0.1, 0.15) is 0 Å². The topological polar surface area (TPSA) is 29.5 Å². The second-order valence-corrected chi connectivity index (χ2v) is 0.781. The zero-order chi connectivity index (χ0) is 6.12. The van der Waals surface area contributed by atoms with Crippen LogP contribution >= 0.6 is 12.9 Å². The molecule has 0 aliphatic carbocycles. The second-order valence-electron chi connectivity index (χ2n) is 0.781. The van der Waals surface area contributed by atoms with E-state index >= 15 is 0 Å². The molecule has 0 saturated heterocycles. The van der Waals surface area contributed by atoms with E-state index in [1.165, 1.54) is 0 Å². The summed E-state index contributed by atoms with van der Waals surface area (Å²) < 4.78 is 11.5. The van der Waals surface area contributed by atoms with Gasteiger partial charge < -0.3 is 9.29 Å². The summed E-state index contributed by atoms with van der Waals surface area (Å²) in [6.07, 6.45) is 0. The van der Waals surface area contributed by atoms with Gasteiger partial charge in [-0.1, -0.05) is 0 Å². The Morgan fingerprint density at radius 2 is 1.57 bits per heavy atom. The van der Waals surface area contributed by atoms with E-state index < -0.39 is 0 Å². The SMILES string of the molecule is CCOCC.OS. The van der Waals surface area contributed by atoms with Crippen molar-refractivity contribution in [3.8, 4) is 0 Å². The van der Waals surface area contributed by atoms with Crippen molar-refractivity contribution in [1.29, 1.82) is 0 Å². The molecule has 1 N–H and O–H groups in total. The van der Waals surface area contributed by atoms with Gasteiger partial charge in [0.25, 0.3) is 0 Å². The van der Waals surface area contributed by atoms with Crippen LogP contribution in [0, 0.1) is 0 Å². The van der Waals surface area contributed by atoms with Crippen LogP contribution in [0.15, 0.2) is 0 Å². The van der Waals surface area contributed by atoms with E-state index in [-0.39, 0.29) is 0 Å². The third-order valence-electron chi connectivity index (χ3n) is 0.408. The van der Waals surface area contributed by atoms with Crippen molar-refractivity contribution in [2.75, 3.05) is 13.2 Å². The first-order valence-electron chi connectivity index (χ1n) is 2.19. The lowest BCUT2D eigenvalue weighted by atomic mass is 10.8. The highest BCUT2D eigenvalue weighted by molar-refractivity contribution is 7.74. The standard InChI is InChI=1S/C4H10O.H2OS/c1-3-5-4-2;1-2/h3-4H2,1-2H3;1-2H. The van der Waals surface area contributed by atoms with E-state index in [1.807, 2.05) is 13.8 Å². The summed E-state index contributed by atoms with van der Waals surface area (Å²) in [7, 11) is 0. The number of hydrogen-bond acceptors (Lipinski definition) is 3. The molecular formula is C4H12O2S. The molecular weight excluding hydrogens is 112 g/mol. The highest BCUT2D eigenvalue weighted by Crippen LogP contribution is 1.64. The van der Waals surface area contributed by atoms with Crippen molar-refractivity contribution in [2.45, 2.75) is 13.8 Å². The fraction of sp³-hybridized carbons (Fsp3) is 1.00. The molecule has 2 nitrogen and oxygen atoms in total. The van der Waals surface area contributed by atoms with Gasteiger partial charge in [-0.2, -0.15) is 0 Å². The molecule has 46 valence electrons. The first-order chi connectivity index (χ1) is 3.41. The van der Waals surface area contributed by atoms with Crippen LogP contribution in [0.3, 0.4) is 0 Å². The Bertz CT molecular complexity index is 17.2. The molecule has 0 atom stereocenters. The van der Waals surface area contributed by atoms with Gasteiger partial charge in [-0.3, -0.25) is 0 Å². The first-order valence-corrected chi connectivity index (χ1v) is 2.59. The lowest BCUT2D eigenvalue weighted by Gasteiger charge is -1.86. The van der Waals surface area contributed by atoms with Crippen LogP contribution in [0.25, 0.3) is 0 Å². The van der Waals surface area contributed by atoms with Gasteiger partial charge in [-0.15, -0.1) is 0 Å². The van der Waals surface area contributed by atoms with E-state index in [0.717, 1.165) is 13.2 Å². The summed E-state index contributed by atoms with van der Waals surface area (Å²) in [5.74, 6) is 0. The maximum Gasteiger partial charge on any atom is 0.0437 e. The molecule has 0 aromatic heterocycles. The van der Waals surface area contributed by atoms with Crippen LogP contribution in [-0.2, 0) is 4.74 Å². The smallest absolute Gasteiger partial charge is 0.0437 e. The van der Waals surface area contributed by atoms with Crippen LogP contribution in [0.1, 0.15) is 13.8 Å². The van der Waals surface area contributed by atoms with Crippen molar-refractivity contribution in [1.82, 2.24) is 0 Å². The second kappa shape index (κ2) is 16.3. The molecule has 0 bridgehead atoms. The Hall–Kier alpha value is 0.270. The average Bonchev–Trinajstić information content (AvgIpc) is 1.75. The highest BCUT2D eigenvalue weighted by atomic mass is 32.1. The maximum atomic E-state index is 6.69. The fourth-order valence-corrected chi connectivity index (χ4v) is 0.204. The van der Waals surface area contributed by atoms with E-state index in [2.05, 4.69) is 12.9 Å². The predicted molar refractivity (Wildman–Crippen MR) is 33.8 cm³/mol.